The molecule has 1 aromatic carbocycles. The van der Waals surface area contributed by atoms with Crippen LogP contribution in [0.2, 0.25) is 0 Å². The molecule has 0 aliphatic carbocycles. The van der Waals surface area contributed by atoms with Gasteiger partial charge < -0.3 is 4.74 Å². The Labute approximate surface area is 96.6 Å². The largest absolute Gasteiger partial charge is 0.496 e. The van der Waals surface area contributed by atoms with Gasteiger partial charge in [0.15, 0.2) is 5.78 Å². The SMILES string of the molecule is CC#CCCC(=O)c1ccc(OC)c(C)c1. The normalized spacial score (nSPS) is 9.19. The van der Waals surface area contributed by atoms with Gasteiger partial charge in [-0.1, -0.05) is 0 Å². The van der Waals surface area contributed by atoms with Gasteiger partial charge in [-0.2, -0.15) is 0 Å². The number of hydrogen-bond donors (Lipinski definition) is 0. The van der Waals surface area contributed by atoms with Gasteiger partial charge in [-0.3, -0.25) is 4.79 Å². The first-order chi connectivity index (χ1) is 7.69. The first kappa shape index (κ1) is 12.3. The van der Waals surface area contributed by atoms with Crippen molar-refractivity contribution in [1.29, 1.82) is 0 Å². The molecule has 0 N–H and O–H groups in total. The van der Waals surface area contributed by atoms with Gasteiger partial charge in [0, 0.05) is 18.4 Å². The number of benzene rings is 1. The molecular weight excluding hydrogens is 200 g/mol. The summed E-state index contributed by atoms with van der Waals surface area (Å²) in [5.74, 6) is 6.62. The van der Waals surface area contributed by atoms with E-state index in [0.717, 1.165) is 16.9 Å². The van der Waals surface area contributed by atoms with Crippen molar-refractivity contribution >= 4 is 5.78 Å². The Morgan fingerprint density at radius 2 is 2.19 bits per heavy atom. The molecular formula is C14H16O2. The van der Waals surface area contributed by atoms with Gasteiger partial charge in [-0.25, -0.2) is 0 Å². The summed E-state index contributed by atoms with van der Waals surface area (Å²) < 4.78 is 5.14. The third-order valence-electron chi connectivity index (χ3n) is 2.37. The van der Waals surface area contributed by atoms with E-state index < -0.39 is 0 Å². The number of Topliss-reactive ketones (excluding diaryl/α,β-unsaturated/α-hetero) is 1. The first-order valence-electron chi connectivity index (χ1n) is 5.26. The maximum absolute atomic E-state index is 11.8. The molecule has 1 rings (SSSR count). The molecule has 0 aliphatic rings. The van der Waals surface area contributed by atoms with Crippen molar-refractivity contribution in [2.75, 3.05) is 7.11 Å². The Balaban J connectivity index is 2.75. The molecule has 0 heterocycles. The van der Waals surface area contributed by atoms with Crippen LogP contribution in [0, 0.1) is 18.8 Å². The molecule has 0 saturated heterocycles. The molecule has 0 spiro atoms. The maximum atomic E-state index is 11.8. The van der Waals surface area contributed by atoms with Crippen LogP contribution in [0.15, 0.2) is 18.2 Å². The van der Waals surface area contributed by atoms with Crippen molar-refractivity contribution in [3.63, 3.8) is 0 Å². The summed E-state index contributed by atoms with van der Waals surface area (Å²) in [5, 5.41) is 0. The van der Waals surface area contributed by atoms with E-state index in [2.05, 4.69) is 11.8 Å². The molecule has 0 unspecified atom stereocenters. The quantitative estimate of drug-likeness (QED) is 0.571. The second-order valence-corrected chi connectivity index (χ2v) is 3.53. The second kappa shape index (κ2) is 5.97. The lowest BCUT2D eigenvalue weighted by molar-refractivity contribution is 0.0984. The smallest absolute Gasteiger partial charge is 0.163 e. The van der Waals surface area contributed by atoms with Crippen LogP contribution < -0.4 is 4.74 Å². The number of ether oxygens (including phenoxy) is 1. The van der Waals surface area contributed by atoms with Crippen LogP contribution in [0.25, 0.3) is 0 Å². The van der Waals surface area contributed by atoms with Gasteiger partial charge >= 0.3 is 0 Å². The Bertz CT molecular complexity index is 436. The van der Waals surface area contributed by atoms with Crippen molar-refractivity contribution in [3.8, 4) is 17.6 Å². The first-order valence-corrected chi connectivity index (χ1v) is 5.26. The van der Waals surface area contributed by atoms with Gasteiger partial charge in [0.1, 0.15) is 5.75 Å². The average Bonchev–Trinajstić information content (AvgIpc) is 2.29. The third-order valence-corrected chi connectivity index (χ3v) is 2.37. The summed E-state index contributed by atoms with van der Waals surface area (Å²) in [6, 6.07) is 5.49. The molecule has 2 nitrogen and oxygen atoms in total. The average molecular weight is 216 g/mol. The number of carbonyl (C=O) groups is 1. The van der Waals surface area contributed by atoms with Crippen molar-refractivity contribution in [2.24, 2.45) is 0 Å². The van der Waals surface area contributed by atoms with E-state index in [9.17, 15) is 4.79 Å². The van der Waals surface area contributed by atoms with E-state index in [1.807, 2.05) is 19.1 Å². The highest BCUT2D eigenvalue weighted by molar-refractivity contribution is 5.96. The minimum atomic E-state index is 0.133. The molecule has 16 heavy (non-hydrogen) atoms. The number of methoxy groups -OCH3 is 1. The number of rotatable bonds is 4. The third kappa shape index (κ3) is 3.13. The summed E-state index contributed by atoms with van der Waals surface area (Å²) in [7, 11) is 1.63. The van der Waals surface area contributed by atoms with Crippen molar-refractivity contribution in [1.82, 2.24) is 0 Å². The lowest BCUT2D eigenvalue weighted by Gasteiger charge is -2.06. The predicted molar refractivity (Wildman–Crippen MR) is 64.7 cm³/mol. The summed E-state index contributed by atoms with van der Waals surface area (Å²) in [6.07, 6.45) is 1.10. The maximum Gasteiger partial charge on any atom is 0.163 e. The van der Waals surface area contributed by atoms with Gasteiger partial charge in [0.05, 0.1) is 7.11 Å². The highest BCUT2D eigenvalue weighted by atomic mass is 16.5. The zero-order valence-electron chi connectivity index (χ0n) is 9.96. The summed E-state index contributed by atoms with van der Waals surface area (Å²) in [5.41, 5.74) is 1.71. The van der Waals surface area contributed by atoms with Crippen LogP contribution in [-0.4, -0.2) is 12.9 Å². The predicted octanol–water partition coefficient (Wildman–Crippen LogP) is 2.99. The lowest BCUT2D eigenvalue weighted by atomic mass is 10.0. The zero-order valence-corrected chi connectivity index (χ0v) is 9.96. The van der Waals surface area contributed by atoms with Crippen molar-refractivity contribution in [3.05, 3.63) is 29.3 Å². The van der Waals surface area contributed by atoms with Crippen LogP contribution >= 0.6 is 0 Å². The molecule has 2 heteroatoms. The lowest BCUT2D eigenvalue weighted by Crippen LogP contribution is -1.99. The Kier molecular flexibility index (Phi) is 4.60. The molecule has 0 radical (unpaired) electrons. The van der Waals surface area contributed by atoms with Crippen LogP contribution in [0.3, 0.4) is 0 Å². The van der Waals surface area contributed by atoms with Crippen molar-refractivity contribution in [2.45, 2.75) is 26.7 Å². The molecule has 0 amide bonds. The van der Waals surface area contributed by atoms with Gasteiger partial charge in [0.2, 0.25) is 0 Å². The van der Waals surface area contributed by atoms with Gasteiger partial charge in [-0.05, 0) is 37.6 Å². The van der Waals surface area contributed by atoms with E-state index >= 15 is 0 Å². The summed E-state index contributed by atoms with van der Waals surface area (Å²) >= 11 is 0. The van der Waals surface area contributed by atoms with Gasteiger partial charge in [-0.15, -0.1) is 11.8 Å². The van der Waals surface area contributed by atoms with E-state index in [-0.39, 0.29) is 5.78 Å². The minimum Gasteiger partial charge on any atom is -0.496 e. The topological polar surface area (TPSA) is 26.3 Å². The summed E-state index contributed by atoms with van der Waals surface area (Å²) in [4.78, 5) is 11.8. The number of ketones is 1. The molecule has 0 fully saturated rings. The molecule has 0 atom stereocenters. The minimum absolute atomic E-state index is 0.133. The molecule has 0 aromatic heterocycles. The number of carbonyl (C=O) groups excluding carboxylic acids is 1. The van der Waals surface area contributed by atoms with Crippen LogP contribution in [-0.2, 0) is 0 Å². The van der Waals surface area contributed by atoms with E-state index in [1.54, 1.807) is 20.1 Å². The fraction of sp³-hybridized carbons (Fsp3) is 0.357. The highest BCUT2D eigenvalue weighted by Gasteiger charge is 2.07. The van der Waals surface area contributed by atoms with E-state index in [1.165, 1.54) is 0 Å². The standard InChI is InChI=1S/C14H16O2/c1-4-5-6-7-13(15)12-8-9-14(16-3)11(2)10-12/h8-10H,6-7H2,1-3H3. The Hall–Kier alpha value is -1.75. The van der Waals surface area contributed by atoms with Crippen molar-refractivity contribution < 1.29 is 9.53 Å². The van der Waals surface area contributed by atoms with Crippen LogP contribution in [0.4, 0.5) is 0 Å². The molecule has 0 aliphatic heterocycles. The molecule has 0 saturated carbocycles. The fourth-order valence-electron chi connectivity index (χ4n) is 1.50. The fourth-order valence-corrected chi connectivity index (χ4v) is 1.50. The monoisotopic (exact) mass is 216 g/mol. The second-order valence-electron chi connectivity index (χ2n) is 3.53. The van der Waals surface area contributed by atoms with E-state index in [0.29, 0.717) is 12.8 Å². The summed E-state index contributed by atoms with van der Waals surface area (Å²) in [6.45, 7) is 3.71. The number of aryl methyl sites for hydroxylation is 1. The molecule has 1 aromatic rings. The molecule has 84 valence electrons. The van der Waals surface area contributed by atoms with E-state index in [4.69, 9.17) is 4.74 Å². The Morgan fingerprint density at radius 1 is 1.44 bits per heavy atom. The Morgan fingerprint density at radius 3 is 2.75 bits per heavy atom. The molecule has 0 bridgehead atoms. The zero-order chi connectivity index (χ0) is 12.0. The van der Waals surface area contributed by atoms with Gasteiger partial charge in [0.25, 0.3) is 0 Å². The number of hydrogen-bond acceptors (Lipinski definition) is 2. The highest BCUT2D eigenvalue weighted by Crippen LogP contribution is 2.19. The van der Waals surface area contributed by atoms with Crippen LogP contribution in [0.1, 0.15) is 35.7 Å². The van der Waals surface area contributed by atoms with Crippen LogP contribution in [0.5, 0.6) is 5.75 Å².